The average Bonchev–Trinajstić information content (AvgIpc) is 3.35. The number of likely N-dealkylation sites (tertiary alicyclic amines) is 1. The van der Waals surface area contributed by atoms with Gasteiger partial charge in [0.25, 0.3) is 0 Å². The Bertz CT molecular complexity index is 488. The van der Waals surface area contributed by atoms with E-state index in [9.17, 15) is 4.79 Å². The van der Waals surface area contributed by atoms with Crippen LogP contribution >= 0.6 is 0 Å². The van der Waals surface area contributed by atoms with Crippen molar-refractivity contribution in [3.63, 3.8) is 0 Å². The Labute approximate surface area is 211 Å². The zero-order chi connectivity index (χ0) is 24.5. The summed E-state index contributed by atoms with van der Waals surface area (Å²) in [6.07, 6.45) is 27.8. The summed E-state index contributed by atoms with van der Waals surface area (Å²) >= 11 is 0. The van der Waals surface area contributed by atoms with Crippen molar-refractivity contribution in [3.8, 4) is 0 Å². The van der Waals surface area contributed by atoms with E-state index < -0.39 is 0 Å². The van der Waals surface area contributed by atoms with E-state index in [1.54, 1.807) is 0 Å². The van der Waals surface area contributed by atoms with Gasteiger partial charge in [-0.1, -0.05) is 51.4 Å². The van der Waals surface area contributed by atoms with Crippen molar-refractivity contribution >= 4 is 18.4 Å². The SMILES string of the molecule is CN=CCCCCCCCCC(CCCCCCCCC=NC)OC(=O)CCCN1CCCC1. The van der Waals surface area contributed by atoms with Crippen molar-refractivity contribution < 1.29 is 9.53 Å². The molecule has 5 heteroatoms. The van der Waals surface area contributed by atoms with Gasteiger partial charge in [0.1, 0.15) is 6.10 Å². The number of hydrogen-bond acceptors (Lipinski definition) is 5. The molecule has 1 fully saturated rings. The molecule has 1 aliphatic rings. The van der Waals surface area contributed by atoms with Gasteiger partial charge >= 0.3 is 5.97 Å². The molecule has 0 amide bonds. The van der Waals surface area contributed by atoms with Crippen LogP contribution in [0.15, 0.2) is 9.98 Å². The molecule has 34 heavy (non-hydrogen) atoms. The predicted molar refractivity (Wildman–Crippen MR) is 147 cm³/mol. The highest BCUT2D eigenvalue weighted by Gasteiger charge is 2.16. The van der Waals surface area contributed by atoms with Gasteiger partial charge in [-0.2, -0.15) is 0 Å². The molecular weight excluding hydrogens is 422 g/mol. The summed E-state index contributed by atoms with van der Waals surface area (Å²) in [5.74, 6) is 0.0272. The lowest BCUT2D eigenvalue weighted by Crippen LogP contribution is -2.23. The fraction of sp³-hybridized carbons (Fsp3) is 0.897. The van der Waals surface area contributed by atoms with Crippen LogP contribution in [0.25, 0.3) is 0 Å². The minimum Gasteiger partial charge on any atom is -0.462 e. The summed E-state index contributed by atoms with van der Waals surface area (Å²) in [6.45, 7) is 3.46. The van der Waals surface area contributed by atoms with Crippen LogP contribution < -0.4 is 0 Å². The van der Waals surface area contributed by atoms with Crippen LogP contribution in [0.1, 0.15) is 128 Å². The Balaban J connectivity index is 2.19. The molecule has 0 aromatic rings. The van der Waals surface area contributed by atoms with Crippen LogP contribution in [0.4, 0.5) is 0 Å². The third-order valence-corrected chi connectivity index (χ3v) is 6.94. The van der Waals surface area contributed by atoms with Gasteiger partial charge in [0.15, 0.2) is 0 Å². The molecule has 0 bridgehead atoms. The van der Waals surface area contributed by atoms with E-state index in [2.05, 4.69) is 14.9 Å². The Morgan fingerprint density at radius 1 is 0.735 bits per heavy atom. The van der Waals surface area contributed by atoms with Crippen molar-refractivity contribution in [2.45, 2.75) is 135 Å². The van der Waals surface area contributed by atoms with E-state index in [-0.39, 0.29) is 12.1 Å². The van der Waals surface area contributed by atoms with Crippen molar-refractivity contribution in [1.29, 1.82) is 0 Å². The van der Waals surface area contributed by atoms with Gasteiger partial charge in [-0.15, -0.1) is 0 Å². The zero-order valence-corrected chi connectivity index (χ0v) is 22.7. The molecule has 0 aromatic heterocycles. The summed E-state index contributed by atoms with van der Waals surface area (Å²) in [6, 6.07) is 0. The summed E-state index contributed by atoms with van der Waals surface area (Å²) in [5.41, 5.74) is 0. The van der Waals surface area contributed by atoms with Gasteiger partial charge in [-0.3, -0.25) is 4.79 Å². The summed E-state index contributed by atoms with van der Waals surface area (Å²) in [4.78, 5) is 23.1. The van der Waals surface area contributed by atoms with Gasteiger partial charge in [-0.05, 0) is 103 Å². The fourth-order valence-electron chi connectivity index (χ4n) is 4.85. The highest BCUT2D eigenvalue weighted by Crippen LogP contribution is 2.18. The molecule has 0 N–H and O–H groups in total. The first-order valence-electron chi connectivity index (χ1n) is 14.5. The number of rotatable bonds is 23. The lowest BCUT2D eigenvalue weighted by atomic mass is 10.0. The highest BCUT2D eigenvalue weighted by molar-refractivity contribution is 5.69. The first-order chi connectivity index (χ1) is 16.8. The maximum Gasteiger partial charge on any atom is 0.306 e. The minimum atomic E-state index is 0.0272. The molecule has 1 heterocycles. The summed E-state index contributed by atoms with van der Waals surface area (Å²) in [7, 11) is 3.70. The molecule has 0 aromatic carbocycles. The van der Waals surface area contributed by atoms with Crippen molar-refractivity contribution in [2.75, 3.05) is 33.7 Å². The van der Waals surface area contributed by atoms with E-state index in [1.807, 2.05) is 26.5 Å². The van der Waals surface area contributed by atoms with Gasteiger partial charge in [0, 0.05) is 20.5 Å². The molecule has 0 aliphatic carbocycles. The highest BCUT2D eigenvalue weighted by atomic mass is 16.5. The smallest absolute Gasteiger partial charge is 0.306 e. The molecule has 0 atom stereocenters. The number of carbonyl (C=O) groups excluding carboxylic acids is 1. The number of hydrogen-bond donors (Lipinski definition) is 0. The van der Waals surface area contributed by atoms with Gasteiger partial charge in [0.2, 0.25) is 0 Å². The maximum atomic E-state index is 12.5. The second-order valence-electron chi connectivity index (χ2n) is 10.0. The van der Waals surface area contributed by atoms with Crippen molar-refractivity contribution in [3.05, 3.63) is 0 Å². The Morgan fingerprint density at radius 3 is 1.71 bits per heavy atom. The quantitative estimate of drug-likeness (QED) is 0.0874. The standard InChI is InChI=1S/C29H55N3O2/c1-30-23-15-11-7-3-5-9-13-20-28(21-14-10-6-4-8-12-16-24-31-2)34-29(33)22-19-27-32-25-17-18-26-32/h23-24,28H,3-22,25-27H2,1-2H3. The summed E-state index contributed by atoms with van der Waals surface area (Å²) in [5, 5.41) is 0. The molecule has 198 valence electrons. The van der Waals surface area contributed by atoms with Crippen LogP contribution in [0.2, 0.25) is 0 Å². The topological polar surface area (TPSA) is 54.3 Å². The van der Waals surface area contributed by atoms with Crippen LogP contribution in [0.5, 0.6) is 0 Å². The number of nitrogens with zero attached hydrogens (tertiary/aromatic N) is 3. The second kappa shape index (κ2) is 23.5. The molecule has 1 saturated heterocycles. The largest absolute Gasteiger partial charge is 0.462 e. The monoisotopic (exact) mass is 477 g/mol. The number of esters is 1. The first-order valence-corrected chi connectivity index (χ1v) is 14.5. The number of carbonyl (C=O) groups is 1. The Hall–Kier alpha value is -1.23. The van der Waals surface area contributed by atoms with Crippen LogP contribution in [-0.2, 0) is 9.53 Å². The number of unbranched alkanes of at least 4 members (excludes halogenated alkanes) is 12. The first kappa shape index (κ1) is 30.8. The lowest BCUT2D eigenvalue weighted by molar-refractivity contribution is -0.150. The number of aliphatic imine (C=N–C) groups is 2. The van der Waals surface area contributed by atoms with Crippen LogP contribution in [0, 0.1) is 0 Å². The van der Waals surface area contributed by atoms with Crippen LogP contribution in [0.3, 0.4) is 0 Å². The van der Waals surface area contributed by atoms with Gasteiger partial charge < -0.3 is 19.6 Å². The molecule has 0 radical (unpaired) electrons. The van der Waals surface area contributed by atoms with E-state index in [0.717, 1.165) is 38.6 Å². The zero-order valence-electron chi connectivity index (χ0n) is 22.7. The fourth-order valence-corrected chi connectivity index (χ4v) is 4.85. The molecule has 5 nitrogen and oxygen atoms in total. The third-order valence-electron chi connectivity index (χ3n) is 6.94. The Kier molecular flexibility index (Phi) is 21.3. The van der Waals surface area contributed by atoms with Gasteiger partial charge in [-0.25, -0.2) is 0 Å². The lowest BCUT2D eigenvalue weighted by Gasteiger charge is -2.19. The van der Waals surface area contributed by atoms with E-state index in [0.29, 0.717) is 6.42 Å². The second-order valence-corrected chi connectivity index (χ2v) is 10.0. The van der Waals surface area contributed by atoms with Crippen molar-refractivity contribution in [1.82, 2.24) is 4.90 Å². The number of ether oxygens (including phenoxy) is 1. The van der Waals surface area contributed by atoms with E-state index in [1.165, 1.54) is 103 Å². The third kappa shape index (κ3) is 19.1. The van der Waals surface area contributed by atoms with Crippen LogP contribution in [-0.4, -0.2) is 63.1 Å². The molecule has 1 rings (SSSR count). The van der Waals surface area contributed by atoms with Gasteiger partial charge in [0.05, 0.1) is 0 Å². The minimum absolute atomic E-state index is 0.0272. The van der Waals surface area contributed by atoms with Crippen molar-refractivity contribution in [2.24, 2.45) is 9.98 Å². The molecule has 0 saturated carbocycles. The normalized spacial score (nSPS) is 15.6. The van der Waals surface area contributed by atoms with E-state index >= 15 is 0 Å². The predicted octanol–water partition coefficient (Wildman–Crippen LogP) is 7.42. The summed E-state index contributed by atoms with van der Waals surface area (Å²) < 4.78 is 5.97. The molecular formula is C29H55N3O2. The van der Waals surface area contributed by atoms with E-state index in [4.69, 9.17) is 4.74 Å². The average molecular weight is 478 g/mol. The maximum absolute atomic E-state index is 12.5. The Morgan fingerprint density at radius 2 is 1.21 bits per heavy atom. The molecule has 0 spiro atoms. The molecule has 1 aliphatic heterocycles. The molecule has 0 unspecified atom stereocenters.